The van der Waals surface area contributed by atoms with Crippen LogP contribution >= 0.6 is 23.2 Å². The van der Waals surface area contributed by atoms with E-state index in [1.807, 2.05) is 64.1 Å². The van der Waals surface area contributed by atoms with Gasteiger partial charge in [0.25, 0.3) is 0 Å². The first kappa shape index (κ1) is 41.6. The number of phenolic OH excluding ortho intramolecular Hbond substituents is 1. The van der Waals surface area contributed by atoms with Gasteiger partial charge in [-0.3, -0.25) is 14.4 Å². The molecule has 10 nitrogen and oxygen atoms in total. The van der Waals surface area contributed by atoms with Gasteiger partial charge in [-0.1, -0.05) is 106 Å². The number of phenols is 1. The number of alkyl carbamates (subject to hydrolysis) is 1. The van der Waals surface area contributed by atoms with Crippen LogP contribution in [0.15, 0.2) is 66.7 Å². The number of hydrogen-bond donors (Lipinski definition) is 5. The van der Waals surface area contributed by atoms with Gasteiger partial charge in [-0.2, -0.15) is 0 Å². The van der Waals surface area contributed by atoms with Gasteiger partial charge < -0.3 is 30.8 Å². The average Bonchev–Trinajstić information content (AvgIpc) is 3.55. The molecule has 0 radical (unpaired) electrons. The van der Waals surface area contributed by atoms with E-state index < -0.39 is 23.6 Å². The molecule has 0 spiro atoms. The Morgan fingerprint density at radius 1 is 0.909 bits per heavy atom. The van der Waals surface area contributed by atoms with E-state index in [0.29, 0.717) is 55.0 Å². The molecule has 5 atom stereocenters. The SMILES string of the molecule is CCC(C)[C@H](NC(=O)OCc1ccccc1)C(=O)CCC[C@@]1(C(=O)N[C@H](C(=O)NCc2ccc(O)cc2)C(C)CC)CCc2[nH]c3c(Cl)cc(Cl)cc3c2C1. The number of aryl methyl sites for hydroxylation is 1. The summed E-state index contributed by atoms with van der Waals surface area (Å²) in [7, 11) is 0. The maximum Gasteiger partial charge on any atom is 0.408 e. The fraction of sp³-hybridized carbons (Fsp3) is 0.442. The standard InChI is InChI=1S/C43H52Cl2N4O6/c1-5-26(3)37(49-42(54)55-25-29-11-8-7-9-12-29)36(51)13-10-19-43(20-18-35-33(23-43)32-21-30(44)22-34(45)39(32)47-35)41(53)48-38(27(4)6-2)40(52)46-24-28-14-16-31(50)17-15-28/h7-9,11-12,14-17,21-22,26-27,37-38,47,50H,5-6,10,13,18-20,23-25H2,1-4H3,(H,46,52)(H,48,53)(H,49,54)/t26?,27?,37-,38-,43+/m0/s1. The van der Waals surface area contributed by atoms with Crippen molar-refractivity contribution in [1.29, 1.82) is 0 Å². The third-order valence-corrected chi connectivity index (χ3v) is 11.7. The first-order chi connectivity index (χ1) is 26.3. The summed E-state index contributed by atoms with van der Waals surface area (Å²) in [5.74, 6) is -0.853. The maximum absolute atomic E-state index is 14.7. The van der Waals surface area contributed by atoms with E-state index in [1.54, 1.807) is 30.3 Å². The van der Waals surface area contributed by atoms with Gasteiger partial charge in [-0.15, -0.1) is 0 Å². The van der Waals surface area contributed by atoms with E-state index in [9.17, 15) is 24.3 Å². The minimum Gasteiger partial charge on any atom is -0.508 e. The van der Waals surface area contributed by atoms with E-state index in [4.69, 9.17) is 27.9 Å². The zero-order chi connectivity index (χ0) is 39.7. The number of ether oxygens (including phenoxy) is 1. The number of carbonyl (C=O) groups is 4. The van der Waals surface area contributed by atoms with Crippen molar-refractivity contribution in [2.24, 2.45) is 17.3 Å². The van der Waals surface area contributed by atoms with Gasteiger partial charge >= 0.3 is 6.09 Å². The van der Waals surface area contributed by atoms with Crippen LogP contribution in [-0.2, 0) is 45.1 Å². The van der Waals surface area contributed by atoms with E-state index in [2.05, 4.69) is 20.9 Å². The molecule has 12 heteroatoms. The largest absolute Gasteiger partial charge is 0.508 e. The van der Waals surface area contributed by atoms with Gasteiger partial charge in [0, 0.05) is 29.1 Å². The monoisotopic (exact) mass is 790 g/mol. The lowest BCUT2D eigenvalue weighted by atomic mass is 9.68. The Hall–Kier alpha value is -4.54. The fourth-order valence-corrected chi connectivity index (χ4v) is 7.93. The predicted octanol–water partition coefficient (Wildman–Crippen LogP) is 8.58. The fourth-order valence-electron chi connectivity index (χ4n) is 7.39. The Balaban J connectivity index is 1.35. The molecule has 0 aliphatic heterocycles. The van der Waals surface area contributed by atoms with Crippen molar-refractivity contribution >= 4 is 57.8 Å². The normalized spacial score (nSPS) is 17.3. The number of H-pyrrole nitrogens is 1. The number of carbonyl (C=O) groups excluding carboxylic acids is 4. The van der Waals surface area contributed by atoms with Crippen molar-refractivity contribution in [1.82, 2.24) is 20.9 Å². The molecule has 55 heavy (non-hydrogen) atoms. The third-order valence-electron chi connectivity index (χ3n) is 11.2. The van der Waals surface area contributed by atoms with E-state index in [1.165, 1.54) is 0 Å². The maximum atomic E-state index is 14.7. The van der Waals surface area contributed by atoms with Crippen LogP contribution < -0.4 is 16.0 Å². The van der Waals surface area contributed by atoms with Gasteiger partial charge in [0.15, 0.2) is 5.78 Å². The van der Waals surface area contributed by atoms with Crippen LogP contribution in [-0.4, -0.2) is 45.9 Å². The highest BCUT2D eigenvalue weighted by Crippen LogP contribution is 2.44. The average molecular weight is 792 g/mol. The Morgan fingerprint density at radius 3 is 2.29 bits per heavy atom. The molecule has 4 aromatic rings. The number of fused-ring (bicyclic) bond motifs is 3. The highest BCUT2D eigenvalue weighted by molar-refractivity contribution is 6.38. The molecule has 5 rings (SSSR count). The molecule has 3 aromatic carbocycles. The second-order valence-corrected chi connectivity index (χ2v) is 15.8. The van der Waals surface area contributed by atoms with Crippen molar-refractivity contribution in [2.75, 3.05) is 0 Å². The van der Waals surface area contributed by atoms with E-state index >= 15 is 0 Å². The van der Waals surface area contributed by atoms with Crippen molar-refractivity contribution in [3.05, 3.63) is 99.2 Å². The molecule has 3 amide bonds. The Morgan fingerprint density at radius 2 is 1.60 bits per heavy atom. The van der Waals surface area contributed by atoms with Crippen LogP contribution in [0.25, 0.3) is 10.9 Å². The Labute approximate surface area is 333 Å². The molecule has 5 N–H and O–H groups in total. The number of aromatic amines is 1. The minimum atomic E-state index is -0.950. The smallest absolute Gasteiger partial charge is 0.408 e. The van der Waals surface area contributed by atoms with E-state index in [-0.39, 0.29) is 54.8 Å². The second kappa shape index (κ2) is 18.9. The van der Waals surface area contributed by atoms with Crippen LogP contribution in [0.3, 0.4) is 0 Å². The van der Waals surface area contributed by atoms with Gasteiger partial charge in [0.2, 0.25) is 11.8 Å². The summed E-state index contributed by atoms with van der Waals surface area (Å²) in [4.78, 5) is 58.5. The van der Waals surface area contributed by atoms with Gasteiger partial charge in [0.05, 0.1) is 22.0 Å². The van der Waals surface area contributed by atoms with Gasteiger partial charge in [-0.25, -0.2) is 4.79 Å². The van der Waals surface area contributed by atoms with Gasteiger partial charge in [0.1, 0.15) is 18.4 Å². The number of Topliss-reactive ketones (excluding diaryl/α,β-unsaturated/α-hetero) is 1. The second-order valence-electron chi connectivity index (χ2n) is 15.0. The van der Waals surface area contributed by atoms with Gasteiger partial charge in [-0.05, 0) is 84.9 Å². The summed E-state index contributed by atoms with van der Waals surface area (Å²) < 4.78 is 5.44. The third kappa shape index (κ3) is 10.4. The number of hydrogen-bond acceptors (Lipinski definition) is 6. The van der Waals surface area contributed by atoms with Crippen LogP contribution in [0.2, 0.25) is 10.0 Å². The topological polar surface area (TPSA) is 150 Å². The molecule has 1 heterocycles. The lowest BCUT2D eigenvalue weighted by molar-refractivity contribution is -0.137. The highest BCUT2D eigenvalue weighted by atomic mass is 35.5. The number of nitrogens with one attached hydrogen (secondary N) is 4. The number of halogens is 2. The number of aromatic nitrogens is 1. The predicted molar refractivity (Wildman–Crippen MR) is 216 cm³/mol. The number of rotatable bonds is 17. The van der Waals surface area contributed by atoms with Crippen LogP contribution in [0, 0.1) is 17.3 Å². The zero-order valence-corrected chi connectivity index (χ0v) is 33.5. The number of aromatic hydroxyl groups is 1. The van der Waals surface area contributed by atoms with Crippen molar-refractivity contribution < 1.29 is 29.0 Å². The van der Waals surface area contributed by atoms with Crippen LogP contribution in [0.4, 0.5) is 4.79 Å². The molecule has 1 aromatic heterocycles. The summed E-state index contributed by atoms with van der Waals surface area (Å²) in [5.41, 5.74) is 3.40. The lowest BCUT2D eigenvalue weighted by Gasteiger charge is -2.38. The van der Waals surface area contributed by atoms with Crippen molar-refractivity contribution in [3.8, 4) is 5.75 Å². The van der Waals surface area contributed by atoms with Crippen LogP contribution in [0.1, 0.15) is 88.6 Å². The summed E-state index contributed by atoms with van der Waals surface area (Å²) in [6.45, 7) is 8.13. The summed E-state index contributed by atoms with van der Waals surface area (Å²) >= 11 is 13.1. The number of ketones is 1. The molecular formula is C43H52Cl2N4O6. The molecule has 0 saturated carbocycles. The molecule has 0 fully saturated rings. The van der Waals surface area contributed by atoms with Crippen molar-refractivity contribution in [2.45, 2.75) is 104 Å². The first-order valence-electron chi connectivity index (χ1n) is 19.2. The lowest BCUT2D eigenvalue weighted by Crippen LogP contribution is -2.55. The highest BCUT2D eigenvalue weighted by Gasteiger charge is 2.44. The number of benzene rings is 3. The quantitative estimate of drug-likeness (QED) is 0.0724. The summed E-state index contributed by atoms with van der Waals surface area (Å²) in [6, 6.07) is 17.9. The van der Waals surface area contributed by atoms with Crippen molar-refractivity contribution in [3.63, 3.8) is 0 Å². The molecule has 0 saturated heterocycles. The molecule has 2 unspecified atom stereocenters. The molecule has 0 bridgehead atoms. The molecule has 1 aliphatic carbocycles. The molecule has 1 aliphatic rings. The molecular weight excluding hydrogens is 739 g/mol. The number of amides is 3. The Bertz CT molecular complexity index is 1970. The van der Waals surface area contributed by atoms with E-state index in [0.717, 1.165) is 33.3 Å². The summed E-state index contributed by atoms with van der Waals surface area (Å²) in [6.07, 6.45) is 2.98. The zero-order valence-electron chi connectivity index (χ0n) is 32.0. The van der Waals surface area contributed by atoms with Crippen LogP contribution in [0.5, 0.6) is 5.75 Å². The minimum absolute atomic E-state index is 0.0877. The Kier molecular flexibility index (Phi) is 14.3. The summed E-state index contributed by atoms with van der Waals surface area (Å²) in [5, 5.41) is 20.4. The molecule has 294 valence electrons. The first-order valence-corrected chi connectivity index (χ1v) is 19.9.